The second-order valence-electron chi connectivity index (χ2n) is 7.00. The van der Waals surface area contributed by atoms with Gasteiger partial charge in [-0.1, -0.05) is 13.8 Å². The summed E-state index contributed by atoms with van der Waals surface area (Å²) < 4.78 is 0. The summed E-state index contributed by atoms with van der Waals surface area (Å²) in [6.07, 6.45) is 5.42. The zero-order valence-electron chi connectivity index (χ0n) is 14.7. The highest BCUT2D eigenvalue weighted by atomic mass is 127. The van der Waals surface area contributed by atoms with Gasteiger partial charge in [0, 0.05) is 32.7 Å². The quantitative estimate of drug-likeness (QED) is 0.420. The molecule has 2 heterocycles. The lowest BCUT2D eigenvalue weighted by Gasteiger charge is -2.33. The summed E-state index contributed by atoms with van der Waals surface area (Å²) in [6, 6.07) is 0. The van der Waals surface area contributed by atoms with Gasteiger partial charge in [-0.2, -0.15) is 0 Å². The molecule has 0 aromatic rings. The molecule has 0 radical (unpaired) electrons. The summed E-state index contributed by atoms with van der Waals surface area (Å²) in [6.45, 7) is 14.9. The van der Waals surface area contributed by atoms with Crippen LogP contribution in [-0.2, 0) is 0 Å². The zero-order valence-corrected chi connectivity index (χ0v) is 17.0. The number of aliphatic imine (C=N–C) groups is 1. The molecular formula is C17H35IN4. The first-order valence-corrected chi connectivity index (χ1v) is 8.94. The Bertz CT molecular complexity index is 329. The van der Waals surface area contributed by atoms with Crippen LogP contribution in [-0.4, -0.2) is 61.6 Å². The van der Waals surface area contributed by atoms with Crippen molar-refractivity contribution in [2.24, 2.45) is 16.8 Å². The average molecular weight is 422 g/mol. The molecule has 0 aliphatic carbocycles. The van der Waals surface area contributed by atoms with Crippen LogP contribution in [0.1, 0.15) is 46.5 Å². The van der Waals surface area contributed by atoms with Crippen LogP contribution in [0.3, 0.4) is 0 Å². The molecule has 2 saturated heterocycles. The van der Waals surface area contributed by atoms with E-state index in [0.717, 1.165) is 38.1 Å². The minimum atomic E-state index is 0. The van der Waals surface area contributed by atoms with E-state index >= 15 is 0 Å². The predicted molar refractivity (Wildman–Crippen MR) is 106 cm³/mol. The third-order valence-corrected chi connectivity index (χ3v) is 4.61. The van der Waals surface area contributed by atoms with Crippen molar-refractivity contribution in [1.29, 1.82) is 0 Å². The second-order valence-corrected chi connectivity index (χ2v) is 7.00. The van der Waals surface area contributed by atoms with Gasteiger partial charge in [-0.05, 0) is 57.5 Å². The van der Waals surface area contributed by atoms with Crippen molar-refractivity contribution >= 4 is 29.9 Å². The van der Waals surface area contributed by atoms with Gasteiger partial charge >= 0.3 is 0 Å². The van der Waals surface area contributed by atoms with Crippen LogP contribution in [0.15, 0.2) is 4.99 Å². The fourth-order valence-electron chi connectivity index (χ4n) is 3.51. The van der Waals surface area contributed by atoms with Crippen LogP contribution in [0.2, 0.25) is 0 Å². The van der Waals surface area contributed by atoms with E-state index in [-0.39, 0.29) is 24.0 Å². The van der Waals surface area contributed by atoms with Gasteiger partial charge in [0.05, 0.1) is 0 Å². The molecule has 0 aromatic carbocycles. The molecule has 1 N–H and O–H groups in total. The first-order valence-electron chi connectivity index (χ1n) is 8.94. The smallest absolute Gasteiger partial charge is 0.193 e. The number of hydrogen-bond donors (Lipinski definition) is 1. The molecule has 2 atom stereocenters. The van der Waals surface area contributed by atoms with Crippen LogP contribution in [0.5, 0.6) is 0 Å². The van der Waals surface area contributed by atoms with E-state index in [1.807, 2.05) is 0 Å². The van der Waals surface area contributed by atoms with Gasteiger partial charge in [-0.15, -0.1) is 24.0 Å². The Morgan fingerprint density at radius 1 is 1.23 bits per heavy atom. The van der Waals surface area contributed by atoms with Gasteiger partial charge in [0.25, 0.3) is 0 Å². The van der Waals surface area contributed by atoms with Gasteiger partial charge in [-0.3, -0.25) is 4.99 Å². The molecule has 0 aromatic heterocycles. The fourth-order valence-corrected chi connectivity index (χ4v) is 3.51. The zero-order chi connectivity index (χ0) is 15.1. The normalized spacial score (nSPS) is 25.0. The number of guanidine groups is 1. The molecular weight excluding hydrogens is 387 g/mol. The van der Waals surface area contributed by atoms with Gasteiger partial charge in [0.2, 0.25) is 0 Å². The van der Waals surface area contributed by atoms with E-state index in [1.54, 1.807) is 0 Å². The SMILES string of the molecule is CCNC(=NCC(C)CN1CCCC1)N1CCCC(C)C1.I. The van der Waals surface area contributed by atoms with Crippen LogP contribution in [0.4, 0.5) is 0 Å². The fraction of sp³-hybridized carbons (Fsp3) is 0.941. The summed E-state index contributed by atoms with van der Waals surface area (Å²) in [7, 11) is 0. The number of nitrogens with one attached hydrogen (secondary N) is 1. The number of rotatable bonds is 5. The lowest BCUT2D eigenvalue weighted by Crippen LogP contribution is -2.46. The first kappa shape index (κ1) is 20.0. The molecule has 2 unspecified atom stereocenters. The van der Waals surface area contributed by atoms with Crippen molar-refractivity contribution in [3.63, 3.8) is 0 Å². The minimum absolute atomic E-state index is 0. The minimum Gasteiger partial charge on any atom is -0.357 e. The first-order chi connectivity index (χ1) is 10.2. The molecule has 5 heteroatoms. The number of hydrogen-bond acceptors (Lipinski definition) is 2. The van der Waals surface area contributed by atoms with Gasteiger partial charge in [0.1, 0.15) is 0 Å². The second kappa shape index (κ2) is 10.7. The Kier molecular flexibility index (Phi) is 9.71. The molecule has 0 amide bonds. The summed E-state index contributed by atoms with van der Waals surface area (Å²) in [5, 5.41) is 3.48. The molecule has 2 fully saturated rings. The van der Waals surface area contributed by atoms with Gasteiger partial charge in [0.15, 0.2) is 5.96 Å². The highest BCUT2D eigenvalue weighted by Crippen LogP contribution is 2.16. The molecule has 2 aliphatic rings. The number of nitrogens with zero attached hydrogens (tertiary/aromatic N) is 3. The lowest BCUT2D eigenvalue weighted by atomic mass is 10.0. The summed E-state index contributed by atoms with van der Waals surface area (Å²) in [4.78, 5) is 9.97. The predicted octanol–water partition coefficient (Wildman–Crippen LogP) is 3.03. The van der Waals surface area contributed by atoms with E-state index in [1.165, 1.54) is 45.3 Å². The Balaban J connectivity index is 0.00000242. The molecule has 4 nitrogen and oxygen atoms in total. The molecule has 0 bridgehead atoms. The molecule has 0 spiro atoms. The number of piperidine rings is 1. The van der Waals surface area contributed by atoms with Crippen molar-refractivity contribution in [2.45, 2.75) is 46.5 Å². The summed E-state index contributed by atoms with van der Waals surface area (Å²) in [5.41, 5.74) is 0. The van der Waals surface area contributed by atoms with Crippen LogP contribution < -0.4 is 5.32 Å². The Hall–Kier alpha value is -0.0400. The number of halogens is 1. The van der Waals surface area contributed by atoms with E-state index in [4.69, 9.17) is 4.99 Å². The van der Waals surface area contributed by atoms with Crippen molar-refractivity contribution in [2.75, 3.05) is 45.8 Å². The Morgan fingerprint density at radius 2 is 1.95 bits per heavy atom. The standard InChI is InChI=1S/C17H34N4.HI/c1-4-18-17(21-11-7-8-15(2)14-21)19-12-16(3)13-20-9-5-6-10-20;/h15-16H,4-14H2,1-3H3,(H,18,19);1H. The molecule has 0 saturated carbocycles. The van der Waals surface area contributed by atoms with Crippen LogP contribution in [0.25, 0.3) is 0 Å². The average Bonchev–Trinajstić information content (AvgIpc) is 2.96. The summed E-state index contributed by atoms with van der Waals surface area (Å²) >= 11 is 0. The largest absolute Gasteiger partial charge is 0.357 e. The van der Waals surface area contributed by atoms with E-state index < -0.39 is 0 Å². The van der Waals surface area contributed by atoms with Crippen LogP contribution >= 0.6 is 24.0 Å². The van der Waals surface area contributed by atoms with Gasteiger partial charge in [-0.25, -0.2) is 0 Å². The van der Waals surface area contributed by atoms with E-state index in [9.17, 15) is 0 Å². The molecule has 2 rings (SSSR count). The monoisotopic (exact) mass is 422 g/mol. The maximum atomic E-state index is 4.92. The molecule has 22 heavy (non-hydrogen) atoms. The van der Waals surface area contributed by atoms with Crippen molar-refractivity contribution in [3.8, 4) is 0 Å². The van der Waals surface area contributed by atoms with Crippen molar-refractivity contribution in [1.82, 2.24) is 15.1 Å². The third kappa shape index (κ3) is 6.60. The van der Waals surface area contributed by atoms with E-state index in [2.05, 4.69) is 35.9 Å². The highest BCUT2D eigenvalue weighted by molar-refractivity contribution is 14.0. The maximum absolute atomic E-state index is 4.92. The van der Waals surface area contributed by atoms with Crippen LogP contribution in [0, 0.1) is 11.8 Å². The van der Waals surface area contributed by atoms with E-state index in [0.29, 0.717) is 5.92 Å². The number of likely N-dealkylation sites (tertiary alicyclic amines) is 2. The van der Waals surface area contributed by atoms with Gasteiger partial charge < -0.3 is 15.1 Å². The summed E-state index contributed by atoms with van der Waals surface area (Å²) in [5.74, 6) is 2.58. The molecule has 130 valence electrons. The third-order valence-electron chi connectivity index (χ3n) is 4.61. The Morgan fingerprint density at radius 3 is 2.59 bits per heavy atom. The Labute approximate surface area is 154 Å². The highest BCUT2D eigenvalue weighted by Gasteiger charge is 2.20. The van der Waals surface area contributed by atoms with Crippen molar-refractivity contribution in [3.05, 3.63) is 0 Å². The van der Waals surface area contributed by atoms with Crippen molar-refractivity contribution < 1.29 is 0 Å². The topological polar surface area (TPSA) is 30.9 Å². The lowest BCUT2D eigenvalue weighted by molar-refractivity contribution is 0.263. The molecule has 2 aliphatic heterocycles. The maximum Gasteiger partial charge on any atom is 0.193 e.